The smallest absolute Gasteiger partial charge is 0.234 e. The molecular weight excluding hydrogens is 300 g/mol. The molecule has 1 aromatic carbocycles. The molecule has 2 N–H and O–H groups in total. The van der Waals surface area contributed by atoms with E-state index in [-0.39, 0.29) is 12.4 Å². The molecule has 3 rings (SSSR count). The van der Waals surface area contributed by atoms with Crippen molar-refractivity contribution < 1.29 is 17.0 Å². The van der Waals surface area contributed by atoms with Crippen LogP contribution in [0.1, 0.15) is 11.4 Å². The molecule has 21 heavy (non-hydrogen) atoms. The van der Waals surface area contributed by atoms with E-state index in [2.05, 4.69) is 54.1 Å². The number of aromatic nitrogens is 1. The minimum Gasteiger partial charge on any atom is -1.00 e. The average Bonchev–Trinajstić information content (AvgIpc) is 2.94. The third kappa shape index (κ3) is 2.94. The maximum absolute atomic E-state index is 6.10. The van der Waals surface area contributed by atoms with Crippen LogP contribution in [0.5, 0.6) is 0 Å². The van der Waals surface area contributed by atoms with Crippen LogP contribution >= 0.6 is 11.3 Å². The molecule has 0 fully saturated rings. The molecule has 2 aromatic heterocycles. The van der Waals surface area contributed by atoms with Crippen molar-refractivity contribution in [1.29, 1.82) is 0 Å². The summed E-state index contributed by atoms with van der Waals surface area (Å²) in [4.78, 5) is 1.30. The molecule has 0 amide bonds. The summed E-state index contributed by atoms with van der Waals surface area (Å²) in [5.41, 5.74) is 11.6. The Morgan fingerprint density at radius 1 is 0.952 bits per heavy atom. The zero-order valence-corrected chi connectivity index (χ0v) is 13.6. The van der Waals surface area contributed by atoms with Gasteiger partial charge >= 0.3 is 0 Å². The van der Waals surface area contributed by atoms with Gasteiger partial charge in [0, 0.05) is 42.5 Å². The van der Waals surface area contributed by atoms with Gasteiger partial charge in [-0.1, -0.05) is 18.2 Å². The predicted octanol–water partition coefficient (Wildman–Crippen LogP) is 0.895. The van der Waals surface area contributed by atoms with Gasteiger partial charge in [0.25, 0.3) is 0 Å². The molecule has 3 aromatic rings. The molecular formula is C17H17ClN2S. The van der Waals surface area contributed by atoms with E-state index in [0.717, 1.165) is 11.4 Å². The second-order valence-electron chi connectivity index (χ2n) is 4.90. The number of thiophene rings is 1. The van der Waals surface area contributed by atoms with Gasteiger partial charge in [-0.05, 0) is 17.5 Å². The molecule has 0 radical (unpaired) electrons. The Bertz CT molecular complexity index is 728. The lowest BCUT2D eigenvalue weighted by Crippen LogP contribution is -3.00. The van der Waals surface area contributed by atoms with Crippen LogP contribution in [0.3, 0.4) is 0 Å². The van der Waals surface area contributed by atoms with Gasteiger partial charge < -0.3 is 18.1 Å². The van der Waals surface area contributed by atoms with Crippen LogP contribution in [0.4, 0.5) is 5.69 Å². The van der Waals surface area contributed by atoms with Gasteiger partial charge in [0.2, 0.25) is 5.69 Å². The number of nitrogens with zero attached hydrogens (tertiary/aromatic N) is 1. The molecule has 0 aliphatic heterocycles. The molecule has 2 nitrogen and oxygen atoms in total. The first-order chi connectivity index (χ1) is 9.66. The molecule has 0 bridgehead atoms. The van der Waals surface area contributed by atoms with Crippen molar-refractivity contribution in [3.05, 3.63) is 65.3 Å². The first-order valence-corrected chi connectivity index (χ1v) is 7.47. The number of nitrogens with two attached hydrogens (primary N) is 1. The Kier molecular flexibility index (Phi) is 4.66. The number of rotatable bonds is 2. The highest BCUT2D eigenvalue weighted by Gasteiger charge is 2.18. The molecule has 0 aliphatic carbocycles. The van der Waals surface area contributed by atoms with Gasteiger partial charge in [-0.2, -0.15) is 4.57 Å². The van der Waals surface area contributed by atoms with Crippen LogP contribution in [-0.4, -0.2) is 0 Å². The molecule has 0 saturated carbocycles. The number of hydrogen-bond donors (Lipinski definition) is 1. The van der Waals surface area contributed by atoms with E-state index in [4.69, 9.17) is 5.73 Å². The number of anilines is 1. The minimum absolute atomic E-state index is 0. The van der Waals surface area contributed by atoms with E-state index in [9.17, 15) is 0 Å². The molecule has 0 saturated heterocycles. The minimum atomic E-state index is 0. The van der Waals surface area contributed by atoms with E-state index in [1.165, 1.54) is 21.8 Å². The highest BCUT2D eigenvalue weighted by atomic mass is 35.5. The highest BCUT2D eigenvalue weighted by molar-refractivity contribution is 7.13. The van der Waals surface area contributed by atoms with Crippen molar-refractivity contribution in [2.45, 2.75) is 13.8 Å². The van der Waals surface area contributed by atoms with E-state index in [1.54, 1.807) is 11.3 Å². The first kappa shape index (κ1) is 15.5. The summed E-state index contributed by atoms with van der Waals surface area (Å²) in [5, 5.41) is 2.11. The standard InChI is InChI=1S/C17H17N2S.ClH/c1-12-10-14(17-8-5-9-20-17)11-13(2)19(12)16-7-4-3-6-15(16)18;/h3-11H,18H2,1-2H3;1H/q+1;/p-1. The largest absolute Gasteiger partial charge is 1.00 e. The Balaban J connectivity index is 0.00000161. The van der Waals surface area contributed by atoms with Crippen LogP contribution < -0.4 is 22.7 Å². The number of benzene rings is 1. The highest BCUT2D eigenvalue weighted by Crippen LogP contribution is 2.26. The van der Waals surface area contributed by atoms with Crippen LogP contribution in [0.25, 0.3) is 16.1 Å². The summed E-state index contributed by atoms with van der Waals surface area (Å²) in [6.07, 6.45) is 0. The summed E-state index contributed by atoms with van der Waals surface area (Å²) >= 11 is 1.76. The van der Waals surface area contributed by atoms with Gasteiger partial charge in [-0.3, -0.25) is 0 Å². The fourth-order valence-corrected chi connectivity index (χ4v) is 3.27. The molecule has 0 aliphatic rings. The third-order valence-corrected chi connectivity index (χ3v) is 4.34. The SMILES string of the molecule is Cc1cc(-c2cccs2)cc(C)[n+]1-c1ccccc1N.[Cl-]. The van der Waals surface area contributed by atoms with Crippen molar-refractivity contribution in [2.75, 3.05) is 5.73 Å². The van der Waals surface area contributed by atoms with Crippen LogP contribution in [0.2, 0.25) is 0 Å². The van der Waals surface area contributed by atoms with Gasteiger partial charge in [-0.15, -0.1) is 11.3 Å². The summed E-state index contributed by atoms with van der Waals surface area (Å²) in [6, 6.07) is 16.6. The van der Waals surface area contributed by atoms with Gasteiger partial charge in [0.1, 0.15) is 5.69 Å². The average molecular weight is 317 g/mol. The van der Waals surface area contributed by atoms with Crippen molar-refractivity contribution in [1.82, 2.24) is 0 Å². The molecule has 4 heteroatoms. The number of nitrogen functional groups attached to an aromatic ring is 1. The number of para-hydroxylation sites is 2. The summed E-state index contributed by atoms with van der Waals surface area (Å²) in [6.45, 7) is 4.24. The van der Waals surface area contributed by atoms with Crippen molar-refractivity contribution >= 4 is 17.0 Å². The van der Waals surface area contributed by atoms with Gasteiger partial charge in [0.15, 0.2) is 11.4 Å². The number of aryl methyl sites for hydroxylation is 2. The quantitative estimate of drug-likeness (QED) is 0.552. The number of hydrogen-bond acceptors (Lipinski definition) is 2. The van der Waals surface area contributed by atoms with Gasteiger partial charge in [0.05, 0.1) is 0 Å². The summed E-state index contributed by atoms with van der Waals surface area (Å²) in [5.74, 6) is 0. The first-order valence-electron chi connectivity index (χ1n) is 6.59. The second-order valence-corrected chi connectivity index (χ2v) is 5.85. The Morgan fingerprint density at radius 2 is 1.62 bits per heavy atom. The fourth-order valence-electron chi connectivity index (χ4n) is 2.56. The van der Waals surface area contributed by atoms with Gasteiger partial charge in [-0.25, -0.2) is 0 Å². The van der Waals surface area contributed by atoms with Crippen molar-refractivity contribution in [3.8, 4) is 16.1 Å². The second kappa shape index (κ2) is 6.29. The van der Waals surface area contributed by atoms with E-state index in [1.807, 2.05) is 18.2 Å². The fraction of sp³-hybridized carbons (Fsp3) is 0.118. The Labute approximate surface area is 135 Å². The maximum Gasteiger partial charge on any atom is 0.234 e. The molecule has 0 unspecified atom stereocenters. The van der Waals surface area contributed by atoms with E-state index in [0.29, 0.717) is 0 Å². The predicted molar refractivity (Wildman–Crippen MR) is 85.2 cm³/mol. The zero-order chi connectivity index (χ0) is 14.1. The van der Waals surface area contributed by atoms with Crippen LogP contribution in [0, 0.1) is 13.8 Å². The number of halogens is 1. The summed E-state index contributed by atoms with van der Waals surface area (Å²) in [7, 11) is 0. The lowest BCUT2D eigenvalue weighted by atomic mass is 10.1. The van der Waals surface area contributed by atoms with E-state index >= 15 is 0 Å². The molecule has 0 spiro atoms. The van der Waals surface area contributed by atoms with Crippen LogP contribution in [-0.2, 0) is 0 Å². The Hall–Kier alpha value is -1.84. The zero-order valence-electron chi connectivity index (χ0n) is 12.0. The summed E-state index contributed by atoms with van der Waals surface area (Å²) < 4.78 is 2.20. The molecule has 0 atom stereocenters. The lowest BCUT2D eigenvalue weighted by molar-refractivity contribution is -0.608. The monoisotopic (exact) mass is 316 g/mol. The molecule has 108 valence electrons. The Morgan fingerprint density at radius 3 is 2.19 bits per heavy atom. The van der Waals surface area contributed by atoms with Crippen LogP contribution in [0.15, 0.2) is 53.9 Å². The topological polar surface area (TPSA) is 29.9 Å². The van der Waals surface area contributed by atoms with Crippen molar-refractivity contribution in [2.24, 2.45) is 0 Å². The number of pyridine rings is 1. The molecule has 2 heterocycles. The van der Waals surface area contributed by atoms with E-state index < -0.39 is 0 Å². The lowest BCUT2D eigenvalue weighted by Gasteiger charge is -2.07. The van der Waals surface area contributed by atoms with Crippen molar-refractivity contribution in [3.63, 3.8) is 0 Å². The maximum atomic E-state index is 6.10. The third-order valence-electron chi connectivity index (χ3n) is 3.42. The normalized spacial score (nSPS) is 10.2.